The summed E-state index contributed by atoms with van der Waals surface area (Å²) in [6.07, 6.45) is -4.92. The highest BCUT2D eigenvalue weighted by Gasteiger charge is 2.59. The first-order chi connectivity index (χ1) is 28.3. The third kappa shape index (κ3) is 12.5. The van der Waals surface area contributed by atoms with E-state index in [0.29, 0.717) is 5.57 Å². The van der Waals surface area contributed by atoms with Gasteiger partial charge >= 0.3 is 29.8 Å². The Morgan fingerprint density at radius 3 is 2.13 bits per heavy atom. The second-order valence-corrected chi connectivity index (χ2v) is 18.3. The number of ether oxygens (including phenoxy) is 8. The van der Waals surface area contributed by atoms with Gasteiger partial charge in [0.1, 0.15) is 12.2 Å². The Hall–Kier alpha value is -3.71. The number of rotatable bonds is 7. The van der Waals surface area contributed by atoms with Crippen LogP contribution in [-0.2, 0) is 61.9 Å². The van der Waals surface area contributed by atoms with E-state index in [1.807, 2.05) is 13.8 Å². The van der Waals surface area contributed by atoms with E-state index in [0.717, 1.165) is 20.1 Å². The molecular weight excluding hydrogens is 800 g/mol. The van der Waals surface area contributed by atoms with Gasteiger partial charge in [-0.15, -0.1) is 0 Å². The number of methoxy groups -OCH3 is 2. The molecule has 0 radical (unpaired) electrons. The zero-order valence-electron chi connectivity index (χ0n) is 37.0. The van der Waals surface area contributed by atoms with Crippen LogP contribution >= 0.6 is 0 Å². The zero-order valence-corrected chi connectivity index (χ0v) is 37.0. The minimum atomic E-state index is -2.41. The standard InChI is InChI=1S/C44H66O17/c1-24(2)13-38(50)59-35-22-32-19-29(47)20-39(51)58-34(25(3)45)21-31-17-28(18-37(49)55-10)40(56-26(4)46)44(53,61-31)41(5,6)12-11-30-14-27(16-36(48)54-9)15-33(57-30)23-43(52,60-32)42(35,7)8/h11-12,16,18,24-25,29-35,40,45,47,52-53H,13-15,17,19-23H2,1-10H3/b12-11+,27-16+,28-18+/t25-,29-,30+,31+,32-,33+,34-,35+,40+,43+,44-/m1/s1. The fraction of sp³-hybridized carbons (Fsp3) is 0.750. The number of esters is 5. The van der Waals surface area contributed by atoms with Gasteiger partial charge in [0.25, 0.3) is 0 Å². The van der Waals surface area contributed by atoms with E-state index in [4.69, 9.17) is 37.9 Å². The number of aliphatic hydroxyl groups excluding tert-OH is 2. The molecule has 3 fully saturated rings. The first-order valence-electron chi connectivity index (χ1n) is 20.9. The third-order valence-corrected chi connectivity index (χ3v) is 12.0. The van der Waals surface area contributed by atoms with E-state index in [-0.39, 0.29) is 62.9 Å². The molecule has 17 nitrogen and oxygen atoms in total. The monoisotopic (exact) mass is 866 g/mol. The Morgan fingerprint density at radius 2 is 1.52 bits per heavy atom. The molecule has 0 aliphatic carbocycles. The Labute approximate surface area is 357 Å². The Kier molecular flexibility index (Phi) is 16.5. The van der Waals surface area contributed by atoms with E-state index in [1.165, 1.54) is 20.1 Å². The van der Waals surface area contributed by atoms with Crippen LogP contribution in [0.1, 0.15) is 113 Å². The van der Waals surface area contributed by atoms with E-state index in [2.05, 4.69) is 0 Å². The van der Waals surface area contributed by atoms with Crippen LogP contribution in [-0.4, -0.2) is 131 Å². The maximum absolute atomic E-state index is 13.4. The normalized spacial score (nSPS) is 36.8. The van der Waals surface area contributed by atoms with Crippen molar-refractivity contribution in [2.45, 2.75) is 180 Å². The molecule has 344 valence electrons. The predicted molar refractivity (Wildman–Crippen MR) is 215 cm³/mol. The SMILES string of the molecule is COC(=O)/C=C1/C[C@H]2C[C@]3(O)O[C@H](C[C@@H](O)CC(=O)O[C@@H]([C@@H](C)O)C[C@@H]4C/C(=C\C(=O)OC)[C@H](OC(C)=O)[C@@](O)(O4)C(C)(C)/C=C/[C@@H](C1)O2)C[C@H](OC(=O)CC(C)C)C3(C)C. The van der Waals surface area contributed by atoms with Gasteiger partial charge in [0, 0.05) is 56.6 Å². The van der Waals surface area contributed by atoms with Crippen molar-refractivity contribution in [3.8, 4) is 0 Å². The van der Waals surface area contributed by atoms with Crippen molar-refractivity contribution in [2.24, 2.45) is 16.7 Å². The van der Waals surface area contributed by atoms with Crippen LogP contribution in [0.4, 0.5) is 0 Å². The van der Waals surface area contributed by atoms with Gasteiger partial charge in [0.05, 0.1) is 62.7 Å². The van der Waals surface area contributed by atoms with Crippen LogP contribution < -0.4 is 0 Å². The van der Waals surface area contributed by atoms with Gasteiger partial charge in [-0.1, -0.05) is 59.3 Å². The van der Waals surface area contributed by atoms with Crippen molar-refractivity contribution >= 4 is 29.8 Å². The van der Waals surface area contributed by atoms with Crippen LogP contribution in [0.25, 0.3) is 0 Å². The van der Waals surface area contributed by atoms with Gasteiger partial charge in [0.15, 0.2) is 11.9 Å². The lowest BCUT2D eigenvalue weighted by Gasteiger charge is -2.54. The Morgan fingerprint density at radius 1 is 0.869 bits per heavy atom. The number of carbonyl (C=O) groups excluding carboxylic acids is 5. The number of hydrogen-bond acceptors (Lipinski definition) is 17. The maximum atomic E-state index is 13.4. The number of fused-ring (bicyclic) bond motifs is 6. The molecule has 4 aliphatic rings. The second kappa shape index (κ2) is 20.2. The smallest absolute Gasteiger partial charge is 0.330 e. The molecule has 4 rings (SSSR count). The zero-order chi connectivity index (χ0) is 45.7. The molecule has 0 unspecified atom stereocenters. The number of aliphatic hydroxyl groups is 4. The average molecular weight is 867 g/mol. The number of carbonyl (C=O) groups is 5. The minimum absolute atomic E-state index is 0.00726. The van der Waals surface area contributed by atoms with Crippen LogP contribution in [0.5, 0.6) is 0 Å². The molecule has 11 atom stereocenters. The Balaban J connectivity index is 1.87. The van der Waals surface area contributed by atoms with E-state index < -0.39 is 114 Å². The molecule has 0 spiro atoms. The molecule has 4 heterocycles. The van der Waals surface area contributed by atoms with Crippen molar-refractivity contribution in [2.75, 3.05) is 14.2 Å². The van der Waals surface area contributed by atoms with Crippen molar-refractivity contribution in [3.63, 3.8) is 0 Å². The highest BCUT2D eigenvalue weighted by atomic mass is 16.7. The number of cyclic esters (lactones) is 1. The lowest BCUT2D eigenvalue weighted by molar-refractivity contribution is -0.349. The Bertz CT molecular complexity index is 1700. The molecule has 0 saturated carbocycles. The van der Waals surface area contributed by atoms with E-state index in [1.54, 1.807) is 39.8 Å². The molecule has 4 N–H and O–H groups in total. The van der Waals surface area contributed by atoms with Crippen LogP contribution in [0.2, 0.25) is 0 Å². The summed E-state index contributed by atoms with van der Waals surface area (Å²) in [6, 6.07) is 0. The molecule has 6 bridgehead atoms. The fourth-order valence-electron chi connectivity index (χ4n) is 8.45. The quantitative estimate of drug-likeness (QED) is 0.124. The van der Waals surface area contributed by atoms with Crippen LogP contribution in [0.3, 0.4) is 0 Å². The topological polar surface area (TPSA) is 240 Å². The van der Waals surface area contributed by atoms with Gasteiger partial charge in [0.2, 0.25) is 5.79 Å². The van der Waals surface area contributed by atoms with Crippen molar-refractivity contribution in [1.82, 2.24) is 0 Å². The average Bonchev–Trinajstić information content (AvgIpc) is 3.13. The highest BCUT2D eigenvalue weighted by molar-refractivity contribution is 5.83. The summed E-state index contributed by atoms with van der Waals surface area (Å²) in [4.78, 5) is 64.3. The molecule has 61 heavy (non-hydrogen) atoms. The fourth-order valence-corrected chi connectivity index (χ4v) is 8.45. The van der Waals surface area contributed by atoms with Gasteiger partial charge in [-0.25, -0.2) is 9.59 Å². The van der Waals surface area contributed by atoms with Crippen LogP contribution in [0.15, 0.2) is 35.5 Å². The molecule has 0 aromatic heterocycles. The van der Waals surface area contributed by atoms with E-state index in [9.17, 15) is 44.4 Å². The first kappa shape index (κ1) is 49.9. The van der Waals surface area contributed by atoms with Gasteiger partial charge in [-0.05, 0) is 37.7 Å². The lowest BCUT2D eigenvalue weighted by Crippen LogP contribution is -2.62. The summed E-state index contributed by atoms with van der Waals surface area (Å²) in [5.41, 5.74) is -1.98. The molecule has 3 saturated heterocycles. The molecular formula is C44H66O17. The number of hydrogen-bond donors (Lipinski definition) is 4. The summed E-state index contributed by atoms with van der Waals surface area (Å²) in [5, 5.41) is 47.4. The predicted octanol–water partition coefficient (Wildman–Crippen LogP) is 3.41. The summed E-state index contributed by atoms with van der Waals surface area (Å²) in [5.74, 6) is -8.04. The van der Waals surface area contributed by atoms with Gasteiger partial charge < -0.3 is 58.3 Å². The largest absolute Gasteiger partial charge is 0.466 e. The first-order valence-corrected chi connectivity index (χ1v) is 20.9. The minimum Gasteiger partial charge on any atom is -0.466 e. The molecule has 0 aromatic carbocycles. The third-order valence-electron chi connectivity index (χ3n) is 12.0. The summed E-state index contributed by atoms with van der Waals surface area (Å²) in [7, 11) is 2.40. The van der Waals surface area contributed by atoms with Crippen LogP contribution in [0, 0.1) is 16.7 Å². The second-order valence-electron chi connectivity index (χ2n) is 18.3. The highest BCUT2D eigenvalue weighted by Crippen LogP contribution is 2.50. The van der Waals surface area contributed by atoms with Gasteiger partial charge in [-0.2, -0.15) is 0 Å². The lowest BCUT2D eigenvalue weighted by atomic mass is 9.70. The molecule has 0 amide bonds. The van der Waals surface area contributed by atoms with Crippen molar-refractivity contribution in [3.05, 3.63) is 35.5 Å². The maximum Gasteiger partial charge on any atom is 0.330 e. The summed E-state index contributed by atoms with van der Waals surface area (Å²) in [6.45, 7) is 12.9. The summed E-state index contributed by atoms with van der Waals surface area (Å²) >= 11 is 0. The van der Waals surface area contributed by atoms with Crippen molar-refractivity contribution in [1.29, 1.82) is 0 Å². The molecule has 17 heteroatoms. The molecule has 0 aromatic rings. The summed E-state index contributed by atoms with van der Waals surface area (Å²) < 4.78 is 46.5. The van der Waals surface area contributed by atoms with Crippen molar-refractivity contribution < 1.29 is 82.3 Å². The van der Waals surface area contributed by atoms with Gasteiger partial charge in [-0.3, -0.25) is 14.4 Å². The molecule has 4 aliphatic heterocycles. The van der Waals surface area contributed by atoms with E-state index >= 15 is 0 Å².